The summed E-state index contributed by atoms with van der Waals surface area (Å²) >= 11 is 0. The third-order valence-electron chi connectivity index (χ3n) is 2.88. The summed E-state index contributed by atoms with van der Waals surface area (Å²) in [5.74, 6) is -0.0872. The monoisotopic (exact) mass is 284 g/mol. The molecule has 108 valence electrons. The maximum absolute atomic E-state index is 11.9. The Bertz CT molecular complexity index is 666. The molecule has 6 heteroatoms. The van der Waals surface area contributed by atoms with Crippen molar-refractivity contribution in [2.75, 3.05) is 5.32 Å². The van der Waals surface area contributed by atoms with Crippen molar-refractivity contribution in [3.63, 3.8) is 0 Å². The highest BCUT2D eigenvalue weighted by molar-refractivity contribution is 5.97. The van der Waals surface area contributed by atoms with Crippen molar-refractivity contribution >= 4 is 17.4 Å². The van der Waals surface area contributed by atoms with Gasteiger partial charge in [-0.05, 0) is 24.1 Å². The molecule has 0 radical (unpaired) electrons. The summed E-state index contributed by atoms with van der Waals surface area (Å²) in [6.45, 7) is 1.91. The fourth-order valence-electron chi connectivity index (χ4n) is 1.86. The Balaban J connectivity index is 2.00. The Hall–Kier alpha value is -2.89. The fraction of sp³-hybridized carbons (Fsp3) is 0.133. The van der Waals surface area contributed by atoms with Crippen LogP contribution < -0.4 is 11.1 Å². The number of rotatable bonds is 4. The van der Waals surface area contributed by atoms with Gasteiger partial charge in [-0.25, -0.2) is 0 Å². The third-order valence-corrected chi connectivity index (χ3v) is 2.88. The Kier molecular flexibility index (Phi) is 4.50. The van der Waals surface area contributed by atoms with E-state index in [0.29, 0.717) is 11.3 Å². The van der Waals surface area contributed by atoms with E-state index in [0.717, 1.165) is 11.1 Å². The number of amidine groups is 1. The van der Waals surface area contributed by atoms with Crippen LogP contribution in [-0.4, -0.2) is 21.9 Å². The van der Waals surface area contributed by atoms with Gasteiger partial charge in [0.1, 0.15) is 0 Å². The molecule has 1 aromatic carbocycles. The number of carbonyl (C=O) groups is 1. The van der Waals surface area contributed by atoms with Crippen LogP contribution in [0.3, 0.4) is 0 Å². The van der Waals surface area contributed by atoms with E-state index in [9.17, 15) is 4.79 Å². The molecule has 2 aromatic rings. The second-order valence-corrected chi connectivity index (χ2v) is 4.66. The number of benzene rings is 1. The van der Waals surface area contributed by atoms with E-state index in [2.05, 4.69) is 15.5 Å². The van der Waals surface area contributed by atoms with Gasteiger partial charge in [0.05, 0.1) is 18.3 Å². The first kappa shape index (κ1) is 14.5. The fourth-order valence-corrected chi connectivity index (χ4v) is 1.86. The van der Waals surface area contributed by atoms with Crippen molar-refractivity contribution in [1.82, 2.24) is 4.98 Å². The average Bonchev–Trinajstić information content (AvgIpc) is 2.47. The number of anilines is 1. The summed E-state index contributed by atoms with van der Waals surface area (Å²) in [5, 5.41) is 14.3. The third kappa shape index (κ3) is 4.04. The van der Waals surface area contributed by atoms with E-state index in [-0.39, 0.29) is 18.2 Å². The first-order valence-electron chi connectivity index (χ1n) is 6.37. The number of nitrogens with one attached hydrogen (secondary N) is 1. The van der Waals surface area contributed by atoms with Gasteiger partial charge in [-0.15, -0.1) is 0 Å². The first-order valence-corrected chi connectivity index (χ1v) is 6.37. The van der Waals surface area contributed by atoms with Crippen molar-refractivity contribution in [1.29, 1.82) is 0 Å². The van der Waals surface area contributed by atoms with Gasteiger partial charge >= 0.3 is 0 Å². The van der Waals surface area contributed by atoms with Crippen LogP contribution in [0, 0.1) is 6.92 Å². The summed E-state index contributed by atoms with van der Waals surface area (Å²) in [6, 6.07) is 8.78. The predicted octanol–water partition coefficient (Wildman–Crippen LogP) is 1.67. The van der Waals surface area contributed by atoms with Gasteiger partial charge < -0.3 is 16.3 Å². The molecule has 0 saturated carbocycles. The molecule has 1 aromatic heterocycles. The van der Waals surface area contributed by atoms with Gasteiger partial charge in [-0.2, -0.15) is 0 Å². The molecule has 0 bridgehead atoms. The van der Waals surface area contributed by atoms with E-state index in [1.54, 1.807) is 36.7 Å². The van der Waals surface area contributed by atoms with E-state index in [1.165, 1.54) is 0 Å². The second kappa shape index (κ2) is 6.51. The van der Waals surface area contributed by atoms with Gasteiger partial charge in [0.2, 0.25) is 5.91 Å². The van der Waals surface area contributed by atoms with Crippen molar-refractivity contribution in [3.8, 4) is 0 Å². The molecule has 1 heterocycles. The van der Waals surface area contributed by atoms with Crippen molar-refractivity contribution in [2.24, 2.45) is 10.9 Å². The number of hydrogen-bond acceptors (Lipinski definition) is 4. The molecule has 4 N–H and O–H groups in total. The van der Waals surface area contributed by atoms with Crippen LogP contribution in [0.25, 0.3) is 0 Å². The summed E-state index contributed by atoms with van der Waals surface area (Å²) in [4.78, 5) is 16.0. The number of aryl methyl sites for hydroxylation is 1. The highest BCUT2D eigenvalue weighted by atomic mass is 16.4. The van der Waals surface area contributed by atoms with E-state index >= 15 is 0 Å². The zero-order valence-electron chi connectivity index (χ0n) is 11.6. The van der Waals surface area contributed by atoms with Gasteiger partial charge in [0.25, 0.3) is 0 Å². The van der Waals surface area contributed by atoms with Crippen LogP contribution in [-0.2, 0) is 11.2 Å². The number of pyridine rings is 1. The summed E-state index contributed by atoms with van der Waals surface area (Å²) in [5.41, 5.74) is 8.57. The van der Waals surface area contributed by atoms with Crippen LogP contribution in [0.4, 0.5) is 5.69 Å². The maximum atomic E-state index is 11.9. The average molecular weight is 284 g/mol. The van der Waals surface area contributed by atoms with Crippen molar-refractivity contribution < 1.29 is 10.0 Å². The van der Waals surface area contributed by atoms with Crippen molar-refractivity contribution in [2.45, 2.75) is 13.3 Å². The topological polar surface area (TPSA) is 101 Å². The highest BCUT2D eigenvalue weighted by Gasteiger charge is 2.06. The second-order valence-electron chi connectivity index (χ2n) is 4.66. The molecule has 0 aliphatic rings. The molecule has 0 unspecified atom stereocenters. The SMILES string of the molecule is Cc1cncc(NC(=O)Cc2ccc(/C(N)=N/O)cc2)c1. The lowest BCUT2D eigenvalue weighted by atomic mass is 10.1. The van der Waals surface area contributed by atoms with Crippen LogP contribution in [0.15, 0.2) is 47.9 Å². The lowest BCUT2D eigenvalue weighted by Gasteiger charge is -2.06. The number of carbonyl (C=O) groups excluding carboxylic acids is 1. The Morgan fingerprint density at radius 2 is 2.05 bits per heavy atom. The summed E-state index contributed by atoms with van der Waals surface area (Å²) in [6.07, 6.45) is 3.57. The molecule has 0 aliphatic carbocycles. The largest absolute Gasteiger partial charge is 0.409 e. The molecule has 1 amide bonds. The predicted molar refractivity (Wildman–Crippen MR) is 80.3 cm³/mol. The highest BCUT2D eigenvalue weighted by Crippen LogP contribution is 2.09. The normalized spacial score (nSPS) is 11.2. The zero-order chi connectivity index (χ0) is 15.2. The number of nitrogens with two attached hydrogens (primary N) is 1. The number of oxime groups is 1. The van der Waals surface area contributed by atoms with Crippen LogP contribution in [0.5, 0.6) is 0 Å². The lowest BCUT2D eigenvalue weighted by molar-refractivity contribution is -0.115. The minimum Gasteiger partial charge on any atom is -0.409 e. The van der Waals surface area contributed by atoms with Crippen LogP contribution in [0.1, 0.15) is 16.7 Å². The quantitative estimate of drug-likeness (QED) is 0.344. The molecular weight excluding hydrogens is 268 g/mol. The van der Waals surface area contributed by atoms with E-state index < -0.39 is 0 Å². The minimum absolute atomic E-state index is 0.0387. The lowest BCUT2D eigenvalue weighted by Crippen LogP contribution is -2.15. The maximum Gasteiger partial charge on any atom is 0.228 e. The van der Waals surface area contributed by atoms with E-state index in [1.807, 2.05) is 13.0 Å². The smallest absolute Gasteiger partial charge is 0.228 e. The standard InChI is InChI=1S/C15H16N4O2/c1-10-6-13(9-17-8-10)18-14(20)7-11-2-4-12(5-3-11)15(16)19-21/h2-6,8-9,21H,7H2,1H3,(H2,16,19)(H,18,20). The molecule has 0 aliphatic heterocycles. The Labute approximate surface area is 122 Å². The summed E-state index contributed by atoms with van der Waals surface area (Å²) < 4.78 is 0. The van der Waals surface area contributed by atoms with Gasteiger partial charge in [0, 0.05) is 11.8 Å². The molecule has 0 atom stereocenters. The molecular formula is C15H16N4O2. The first-order chi connectivity index (χ1) is 10.1. The number of aromatic nitrogens is 1. The van der Waals surface area contributed by atoms with Crippen molar-refractivity contribution in [3.05, 3.63) is 59.4 Å². The molecule has 6 nitrogen and oxygen atoms in total. The van der Waals surface area contributed by atoms with Gasteiger partial charge in [0.15, 0.2) is 5.84 Å². The minimum atomic E-state index is -0.126. The molecule has 21 heavy (non-hydrogen) atoms. The Morgan fingerprint density at radius 3 is 2.67 bits per heavy atom. The number of nitrogens with zero attached hydrogens (tertiary/aromatic N) is 2. The number of amides is 1. The summed E-state index contributed by atoms with van der Waals surface area (Å²) in [7, 11) is 0. The van der Waals surface area contributed by atoms with E-state index in [4.69, 9.17) is 10.9 Å². The molecule has 0 spiro atoms. The molecule has 2 rings (SSSR count). The molecule has 0 saturated heterocycles. The Morgan fingerprint density at radius 1 is 1.33 bits per heavy atom. The zero-order valence-corrected chi connectivity index (χ0v) is 11.6. The number of hydrogen-bond donors (Lipinski definition) is 3. The van der Waals surface area contributed by atoms with Crippen LogP contribution in [0.2, 0.25) is 0 Å². The van der Waals surface area contributed by atoms with Gasteiger partial charge in [-0.1, -0.05) is 29.4 Å². The molecule has 0 fully saturated rings. The van der Waals surface area contributed by atoms with Gasteiger partial charge in [-0.3, -0.25) is 9.78 Å². The van der Waals surface area contributed by atoms with Crippen LogP contribution >= 0.6 is 0 Å².